The molecule has 0 aliphatic carbocycles. The Morgan fingerprint density at radius 3 is 2.60 bits per heavy atom. The van der Waals surface area contributed by atoms with Crippen molar-refractivity contribution in [2.45, 2.75) is 44.4 Å². The first-order chi connectivity index (χ1) is 14.2. The van der Waals surface area contributed by atoms with Crippen molar-refractivity contribution < 1.29 is 17.9 Å². The number of nitrogens with zero attached hydrogens (tertiary/aromatic N) is 1. The van der Waals surface area contributed by atoms with Crippen LogP contribution in [0.1, 0.15) is 43.7 Å². The zero-order chi connectivity index (χ0) is 21.9. The lowest BCUT2D eigenvalue weighted by Gasteiger charge is -2.31. The van der Waals surface area contributed by atoms with E-state index in [1.54, 1.807) is 12.1 Å². The van der Waals surface area contributed by atoms with Crippen molar-refractivity contribution in [1.29, 1.82) is 0 Å². The van der Waals surface area contributed by atoms with Gasteiger partial charge in [-0.3, -0.25) is 4.79 Å². The Kier molecular flexibility index (Phi) is 6.83. The second-order valence-corrected chi connectivity index (χ2v) is 9.98. The number of benzene rings is 2. The van der Waals surface area contributed by atoms with Crippen molar-refractivity contribution in [3.8, 4) is 5.75 Å². The zero-order valence-electron chi connectivity index (χ0n) is 18.0. The summed E-state index contributed by atoms with van der Waals surface area (Å²) in [6.45, 7) is 6.53. The van der Waals surface area contributed by atoms with Gasteiger partial charge in [0.2, 0.25) is 15.9 Å². The van der Waals surface area contributed by atoms with E-state index >= 15 is 0 Å². The molecule has 0 spiro atoms. The Labute approximate surface area is 179 Å². The first-order valence-electron chi connectivity index (χ1n) is 10.3. The maximum absolute atomic E-state index is 13.4. The third-order valence-electron chi connectivity index (χ3n) is 5.63. The summed E-state index contributed by atoms with van der Waals surface area (Å²) >= 11 is 0. The van der Waals surface area contributed by atoms with E-state index in [1.165, 1.54) is 11.4 Å². The number of ether oxygens (including phenoxy) is 1. The van der Waals surface area contributed by atoms with Gasteiger partial charge >= 0.3 is 0 Å². The van der Waals surface area contributed by atoms with E-state index in [-0.39, 0.29) is 23.3 Å². The van der Waals surface area contributed by atoms with E-state index in [2.05, 4.69) is 5.32 Å². The molecule has 3 rings (SSSR count). The molecule has 0 unspecified atom stereocenters. The van der Waals surface area contributed by atoms with Crippen LogP contribution in [-0.2, 0) is 14.8 Å². The highest BCUT2D eigenvalue weighted by molar-refractivity contribution is 7.89. The van der Waals surface area contributed by atoms with Crippen LogP contribution in [0.15, 0.2) is 47.4 Å². The lowest BCUT2D eigenvalue weighted by molar-refractivity contribution is -0.120. The van der Waals surface area contributed by atoms with Crippen LogP contribution in [0, 0.1) is 12.8 Å². The minimum Gasteiger partial charge on any atom is -0.495 e. The molecule has 2 aromatic rings. The molecule has 1 amide bonds. The van der Waals surface area contributed by atoms with Crippen LogP contribution < -0.4 is 10.1 Å². The highest BCUT2D eigenvalue weighted by Gasteiger charge is 2.35. The standard InChI is InChI=1S/C23H30N2O4S/c1-16(2)18-11-12-21(29-4)22(14-18)30(27,28)25-13-7-9-19(15-25)23(26)24-20-10-6-5-8-17(20)3/h5-6,8,10-12,14,16,19H,7,9,13,15H2,1-4H3,(H,24,26)/t19-/m1/s1. The molecule has 2 aromatic carbocycles. The number of sulfonamides is 1. The molecule has 6 nitrogen and oxygen atoms in total. The largest absolute Gasteiger partial charge is 0.495 e. The fourth-order valence-electron chi connectivity index (χ4n) is 3.72. The second-order valence-electron chi connectivity index (χ2n) is 8.07. The van der Waals surface area contributed by atoms with Crippen LogP contribution in [0.4, 0.5) is 5.69 Å². The lowest BCUT2D eigenvalue weighted by atomic mass is 9.98. The number of hydrogen-bond donors (Lipinski definition) is 1. The molecular weight excluding hydrogens is 400 g/mol. The van der Waals surface area contributed by atoms with Crippen molar-refractivity contribution in [1.82, 2.24) is 4.31 Å². The molecule has 1 aliphatic rings. The van der Waals surface area contributed by atoms with Crippen LogP contribution >= 0.6 is 0 Å². The van der Waals surface area contributed by atoms with Gasteiger partial charge < -0.3 is 10.1 Å². The number of aryl methyl sites for hydroxylation is 1. The predicted octanol–water partition coefficient (Wildman–Crippen LogP) is 4.17. The summed E-state index contributed by atoms with van der Waals surface area (Å²) in [5.74, 6) is -0.0239. The summed E-state index contributed by atoms with van der Waals surface area (Å²) < 4.78 is 33.6. The summed E-state index contributed by atoms with van der Waals surface area (Å²) in [6, 6.07) is 12.8. The van der Waals surface area contributed by atoms with E-state index in [0.717, 1.165) is 16.8 Å². The maximum Gasteiger partial charge on any atom is 0.246 e. The molecule has 0 radical (unpaired) electrons. The van der Waals surface area contributed by atoms with Gasteiger partial charge in [0.25, 0.3) is 0 Å². The van der Waals surface area contributed by atoms with Gasteiger partial charge in [0.15, 0.2) is 0 Å². The number of carbonyl (C=O) groups excluding carboxylic acids is 1. The smallest absolute Gasteiger partial charge is 0.246 e. The maximum atomic E-state index is 13.4. The van der Waals surface area contributed by atoms with Gasteiger partial charge in [-0.25, -0.2) is 8.42 Å². The van der Waals surface area contributed by atoms with E-state index in [1.807, 2.05) is 51.1 Å². The predicted molar refractivity (Wildman–Crippen MR) is 118 cm³/mol. The molecule has 30 heavy (non-hydrogen) atoms. The molecule has 0 saturated carbocycles. The number of carbonyl (C=O) groups is 1. The molecular formula is C23H30N2O4S. The summed E-state index contributed by atoms with van der Waals surface area (Å²) in [4.78, 5) is 13.0. The number of amides is 1. The number of para-hydroxylation sites is 1. The minimum absolute atomic E-state index is 0.146. The Morgan fingerprint density at radius 2 is 1.93 bits per heavy atom. The van der Waals surface area contributed by atoms with Crippen LogP contribution in [0.25, 0.3) is 0 Å². The van der Waals surface area contributed by atoms with Gasteiger partial charge in [0.1, 0.15) is 10.6 Å². The van der Waals surface area contributed by atoms with E-state index < -0.39 is 15.9 Å². The van der Waals surface area contributed by atoms with Crippen LogP contribution in [0.2, 0.25) is 0 Å². The summed E-state index contributed by atoms with van der Waals surface area (Å²) in [5.41, 5.74) is 2.66. The molecule has 1 fully saturated rings. The number of nitrogens with one attached hydrogen (secondary N) is 1. The Morgan fingerprint density at radius 1 is 1.20 bits per heavy atom. The van der Waals surface area contributed by atoms with Crippen LogP contribution in [0.5, 0.6) is 5.75 Å². The fourth-order valence-corrected chi connectivity index (χ4v) is 5.43. The molecule has 7 heteroatoms. The van der Waals surface area contributed by atoms with E-state index in [9.17, 15) is 13.2 Å². The molecule has 1 N–H and O–H groups in total. The Bertz CT molecular complexity index is 1020. The Hall–Kier alpha value is -2.38. The van der Waals surface area contributed by atoms with Gasteiger partial charge in [-0.2, -0.15) is 4.31 Å². The summed E-state index contributed by atoms with van der Waals surface area (Å²) in [6.07, 6.45) is 1.30. The summed E-state index contributed by atoms with van der Waals surface area (Å²) in [7, 11) is -2.31. The number of rotatable bonds is 6. The van der Waals surface area contributed by atoms with E-state index in [4.69, 9.17) is 4.74 Å². The highest BCUT2D eigenvalue weighted by Crippen LogP contribution is 2.32. The SMILES string of the molecule is COc1ccc(C(C)C)cc1S(=O)(=O)N1CCC[C@@H](C(=O)Nc2ccccc2C)C1. The molecule has 1 saturated heterocycles. The third-order valence-corrected chi connectivity index (χ3v) is 7.52. The van der Waals surface area contributed by atoms with Crippen molar-refractivity contribution in [2.75, 3.05) is 25.5 Å². The number of methoxy groups -OCH3 is 1. The van der Waals surface area contributed by atoms with Crippen molar-refractivity contribution in [3.63, 3.8) is 0 Å². The van der Waals surface area contributed by atoms with Crippen molar-refractivity contribution >= 4 is 21.6 Å². The molecule has 0 aromatic heterocycles. The number of hydrogen-bond acceptors (Lipinski definition) is 4. The average molecular weight is 431 g/mol. The highest BCUT2D eigenvalue weighted by atomic mass is 32.2. The molecule has 1 aliphatic heterocycles. The fraction of sp³-hybridized carbons (Fsp3) is 0.435. The third kappa shape index (κ3) is 4.68. The van der Waals surface area contributed by atoms with Crippen molar-refractivity contribution in [2.24, 2.45) is 5.92 Å². The quantitative estimate of drug-likeness (QED) is 0.746. The normalized spacial score (nSPS) is 17.7. The monoisotopic (exact) mass is 430 g/mol. The van der Waals surface area contributed by atoms with Gasteiger partial charge in [-0.05, 0) is 55.0 Å². The molecule has 162 valence electrons. The average Bonchev–Trinajstić information content (AvgIpc) is 2.74. The summed E-state index contributed by atoms with van der Waals surface area (Å²) in [5, 5.41) is 2.95. The molecule has 0 bridgehead atoms. The van der Waals surface area contributed by atoms with E-state index in [0.29, 0.717) is 25.1 Å². The van der Waals surface area contributed by atoms with Gasteiger partial charge in [-0.1, -0.05) is 38.1 Å². The number of piperidine rings is 1. The van der Waals surface area contributed by atoms with Crippen LogP contribution in [-0.4, -0.2) is 38.8 Å². The number of anilines is 1. The lowest BCUT2D eigenvalue weighted by Crippen LogP contribution is -2.43. The van der Waals surface area contributed by atoms with Crippen molar-refractivity contribution in [3.05, 3.63) is 53.6 Å². The van der Waals surface area contributed by atoms with Gasteiger partial charge in [0.05, 0.1) is 13.0 Å². The topological polar surface area (TPSA) is 75.7 Å². The zero-order valence-corrected chi connectivity index (χ0v) is 18.8. The first-order valence-corrected chi connectivity index (χ1v) is 11.7. The minimum atomic E-state index is -3.78. The second kappa shape index (κ2) is 9.18. The van der Waals surface area contributed by atoms with Gasteiger partial charge in [0, 0.05) is 18.8 Å². The molecule has 1 atom stereocenters. The Balaban J connectivity index is 1.83. The van der Waals surface area contributed by atoms with Crippen LogP contribution in [0.3, 0.4) is 0 Å². The first kappa shape index (κ1) is 22.3. The van der Waals surface area contributed by atoms with Gasteiger partial charge in [-0.15, -0.1) is 0 Å². The molecule has 1 heterocycles.